The van der Waals surface area contributed by atoms with E-state index in [2.05, 4.69) is 21.2 Å². The summed E-state index contributed by atoms with van der Waals surface area (Å²) >= 11 is 3.29. The smallest absolute Gasteiger partial charge is 0.308 e. The summed E-state index contributed by atoms with van der Waals surface area (Å²) in [6.45, 7) is 2.13. The first kappa shape index (κ1) is 17.5. The van der Waals surface area contributed by atoms with Crippen molar-refractivity contribution >= 4 is 33.7 Å². The maximum Gasteiger partial charge on any atom is 0.308 e. The second-order valence-corrected chi connectivity index (χ2v) is 6.52. The lowest BCUT2D eigenvalue weighted by molar-refractivity contribution is -0.148. The molecule has 1 aromatic rings. The second-order valence-electron chi connectivity index (χ2n) is 5.60. The normalized spacial score (nSPS) is 20.9. The van der Waals surface area contributed by atoms with E-state index in [1.54, 1.807) is 36.1 Å². The highest BCUT2D eigenvalue weighted by molar-refractivity contribution is 9.10. The van der Waals surface area contributed by atoms with Gasteiger partial charge < -0.3 is 15.3 Å². The Balaban J connectivity index is 1.92. The number of amides is 2. The number of benzene rings is 1. The SMILES string of the molecule is C[C@@H]1[C@H](C(=O)O)CCCN1C(=O)CNC(=O)c1ccc(Br)cc1. The molecule has 0 saturated carbocycles. The van der Waals surface area contributed by atoms with Gasteiger partial charge >= 0.3 is 5.97 Å². The Hall–Kier alpha value is -1.89. The highest BCUT2D eigenvalue weighted by atomic mass is 79.9. The molecule has 0 aromatic heterocycles. The molecule has 0 unspecified atom stereocenters. The number of hydrogen-bond acceptors (Lipinski definition) is 3. The molecule has 23 heavy (non-hydrogen) atoms. The van der Waals surface area contributed by atoms with Gasteiger partial charge in [-0.1, -0.05) is 15.9 Å². The summed E-state index contributed by atoms with van der Waals surface area (Å²) < 4.78 is 0.868. The van der Waals surface area contributed by atoms with Crippen molar-refractivity contribution in [1.82, 2.24) is 10.2 Å². The van der Waals surface area contributed by atoms with Gasteiger partial charge in [-0.25, -0.2) is 0 Å². The highest BCUT2D eigenvalue weighted by Crippen LogP contribution is 2.23. The zero-order chi connectivity index (χ0) is 17.0. The van der Waals surface area contributed by atoms with Gasteiger partial charge in [-0.2, -0.15) is 0 Å². The lowest BCUT2D eigenvalue weighted by atomic mass is 9.90. The van der Waals surface area contributed by atoms with Crippen LogP contribution < -0.4 is 5.32 Å². The first-order valence-electron chi connectivity index (χ1n) is 7.46. The fraction of sp³-hybridized carbons (Fsp3) is 0.438. The highest BCUT2D eigenvalue weighted by Gasteiger charge is 2.35. The molecule has 1 heterocycles. The van der Waals surface area contributed by atoms with Crippen LogP contribution in [0.1, 0.15) is 30.1 Å². The van der Waals surface area contributed by atoms with Crippen LogP contribution in [-0.2, 0) is 9.59 Å². The van der Waals surface area contributed by atoms with Crippen LogP contribution in [0.15, 0.2) is 28.7 Å². The van der Waals surface area contributed by atoms with Crippen molar-refractivity contribution in [1.29, 1.82) is 0 Å². The maximum atomic E-state index is 12.3. The zero-order valence-electron chi connectivity index (χ0n) is 12.8. The van der Waals surface area contributed by atoms with Gasteiger partial charge in [0.15, 0.2) is 0 Å². The molecule has 1 saturated heterocycles. The van der Waals surface area contributed by atoms with Crippen molar-refractivity contribution in [2.24, 2.45) is 5.92 Å². The van der Waals surface area contributed by atoms with E-state index in [4.69, 9.17) is 0 Å². The van der Waals surface area contributed by atoms with Crippen LogP contribution in [0.5, 0.6) is 0 Å². The fourth-order valence-electron chi connectivity index (χ4n) is 2.79. The summed E-state index contributed by atoms with van der Waals surface area (Å²) in [7, 11) is 0. The van der Waals surface area contributed by atoms with Crippen molar-refractivity contribution in [3.8, 4) is 0 Å². The molecule has 2 amide bonds. The third-order valence-electron chi connectivity index (χ3n) is 4.13. The number of carboxylic acids is 1. The van der Waals surface area contributed by atoms with Crippen molar-refractivity contribution < 1.29 is 19.5 Å². The third kappa shape index (κ3) is 4.31. The van der Waals surface area contributed by atoms with Crippen LogP contribution >= 0.6 is 15.9 Å². The summed E-state index contributed by atoms with van der Waals surface area (Å²) in [5.74, 6) is -2.01. The van der Waals surface area contributed by atoms with E-state index in [1.165, 1.54) is 0 Å². The van der Waals surface area contributed by atoms with Gasteiger partial charge in [-0.15, -0.1) is 0 Å². The number of carbonyl (C=O) groups is 3. The molecular formula is C16H19BrN2O4. The van der Waals surface area contributed by atoms with E-state index < -0.39 is 11.9 Å². The zero-order valence-corrected chi connectivity index (χ0v) is 14.4. The van der Waals surface area contributed by atoms with Gasteiger partial charge in [0.1, 0.15) is 0 Å². The largest absolute Gasteiger partial charge is 0.481 e. The summed E-state index contributed by atoms with van der Waals surface area (Å²) in [4.78, 5) is 37.0. The lowest BCUT2D eigenvalue weighted by Crippen LogP contribution is -2.51. The molecule has 2 rings (SSSR count). The second kappa shape index (κ2) is 7.59. The number of likely N-dealkylation sites (tertiary alicyclic amines) is 1. The number of carbonyl (C=O) groups excluding carboxylic acids is 2. The van der Waals surface area contributed by atoms with E-state index in [0.29, 0.717) is 24.9 Å². The minimum atomic E-state index is -0.881. The van der Waals surface area contributed by atoms with Gasteiger partial charge in [0.2, 0.25) is 5.91 Å². The predicted molar refractivity (Wildman–Crippen MR) is 88.0 cm³/mol. The topological polar surface area (TPSA) is 86.7 Å². The fourth-order valence-corrected chi connectivity index (χ4v) is 3.05. The minimum absolute atomic E-state index is 0.133. The average Bonchev–Trinajstić information content (AvgIpc) is 2.53. The van der Waals surface area contributed by atoms with Gasteiger partial charge in [0.25, 0.3) is 5.91 Å². The number of hydrogen-bond donors (Lipinski definition) is 2. The molecule has 7 heteroatoms. The number of nitrogens with one attached hydrogen (secondary N) is 1. The van der Waals surface area contributed by atoms with Crippen LogP contribution in [-0.4, -0.2) is 46.9 Å². The van der Waals surface area contributed by atoms with E-state index >= 15 is 0 Å². The molecule has 124 valence electrons. The number of aliphatic carboxylic acids is 1. The molecule has 0 bridgehead atoms. The van der Waals surface area contributed by atoms with Gasteiger partial charge in [-0.05, 0) is 44.0 Å². The van der Waals surface area contributed by atoms with E-state index in [0.717, 1.165) is 4.47 Å². The van der Waals surface area contributed by atoms with Crippen molar-refractivity contribution in [2.75, 3.05) is 13.1 Å². The molecule has 2 atom stereocenters. The van der Waals surface area contributed by atoms with Crippen LogP contribution in [0.4, 0.5) is 0 Å². The Morgan fingerprint density at radius 2 is 1.96 bits per heavy atom. The first-order valence-corrected chi connectivity index (χ1v) is 8.25. The Morgan fingerprint density at radius 3 is 2.57 bits per heavy atom. The lowest BCUT2D eigenvalue weighted by Gasteiger charge is -2.37. The Morgan fingerprint density at radius 1 is 1.30 bits per heavy atom. The number of piperidine rings is 1. The molecule has 6 nitrogen and oxygen atoms in total. The van der Waals surface area contributed by atoms with Crippen LogP contribution in [0.2, 0.25) is 0 Å². The number of halogens is 1. The molecule has 2 N–H and O–H groups in total. The monoisotopic (exact) mass is 382 g/mol. The van der Waals surface area contributed by atoms with Crippen LogP contribution in [0.3, 0.4) is 0 Å². The number of rotatable bonds is 4. The molecule has 0 radical (unpaired) electrons. The van der Waals surface area contributed by atoms with E-state index in [-0.39, 0.29) is 24.4 Å². The van der Waals surface area contributed by atoms with Crippen LogP contribution in [0, 0.1) is 5.92 Å². The molecule has 1 aliphatic heterocycles. The molecular weight excluding hydrogens is 364 g/mol. The Labute approximate surface area is 143 Å². The van der Waals surface area contributed by atoms with Crippen molar-refractivity contribution in [3.05, 3.63) is 34.3 Å². The molecule has 0 spiro atoms. The summed E-state index contributed by atoms with van der Waals surface area (Å²) in [6, 6.07) is 6.46. The van der Waals surface area contributed by atoms with E-state index in [1.807, 2.05) is 0 Å². The van der Waals surface area contributed by atoms with Crippen molar-refractivity contribution in [2.45, 2.75) is 25.8 Å². The van der Waals surface area contributed by atoms with Gasteiger partial charge in [0.05, 0.1) is 12.5 Å². The summed E-state index contributed by atoms with van der Waals surface area (Å²) in [6.07, 6.45) is 1.24. The van der Waals surface area contributed by atoms with Crippen LogP contribution in [0.25, 0.3) is 0 Å². The number of carboxylic acid groups (broad SMARTS) is 1. The Bertz CT molecular complexity index is 603. The minimum Gasteiger partial charge on any atom is -0.481 e. The average molecular weight is 383 g/mol. The quantitative estimate of drug-likeness (QED) is 0.832. The third-order valence-corrected chi connectivity index (χ3v) is 4.66. The van der Waals surface area contributed by atoms with E-state index in [9.17, 15) is 19.5 Å². The van der Waals surface area contributed by atoms with Gasteiger partial charge in [0, 0.05) is 22.6 Å². The maximum absolute atomic E-state index is 12.3. The summed E-state index contributed by atoms with van der Waals surface area (Å²) in [5, 5.41) is 11.8. The van der Waals surface area contributed by atoms with Gasteiger partial charge in [-0.3, -0.25) is 14.4 Å². The van der Waals surface area contributed by atoms with Crippen molar-refractivity contribution in [3.63, 3.8) is 0 Å². The molecule has 1 aromatic carbocycles. The molecule has 0 aliphatic carbocycles. The number of nitrogens with zero attached hydrogens (tertiary/aromatic N) is 1. The Kier molecular flexibility index (Phi) is 5.76. The summed E-state index contributed by atoms with van der Waals surface area (Å²) in [5.41, 5.74) is 0.469. The molecule has 1 fully saturated rings. The standard InChI is InChI=1S/C16H19BrN2O4/c1-10-13(16(22)23)3-2-8-19(10)14(20)9-18-15(21)11-4-6-12(17)7-5-11/h4-7,10,13H,2-3,8-9H2,1H3,(H,18,21)(H,22,23)/t10-,13-/m1/s1. The molecule has 1 aliphatic rings. The first-order chi connectivity index (χ1) is 10.9. The predicted octanol–water partition coefficient (Wildman–Crippen LogP) is 1.89.